The Morgan fingerprint density at radius 3 is 2.42 bits per heavy atom. The van der Waals surface area contributed by atoms with Crippen molar-refractivity contribution in [1.29, 1.82) is 0 Å². The Morgan fingerprint density at radius 2 is 1.83 bits per heavy atom. The number of para-hydroxylation sites is 1. The van der Waals surface area contributed by atoms with E-state index in [2.05, 4.69) is 0 Å². The Labute approximate surface area is 145 Å². The van der Waals surface area contributed by atoms with Gasteiger partial charge in [0.1, 0.15) is 6.04 Å². The first-order valence-corrected chi connectivity index (χ1v) is 9.17. The number of hydrogen-bond acceptors (Lipinski definition) is 4. The van der Waals surface area contributed by atoms with E-state index >= 15 is 0 Å². The summed E-state index contributed by atoms with van der Waals surface area (Å²) in [5, 5.41) is 5.27. The molecule has 2 N–H and O–H groups in total. The zero-order chi connectivity index (χ0) is 17.5. The lowest BCUT2D eigenvalue weighted by molar-refractivity contribution is -0.117. The number of primary sulfonamides is 1. The fraction of sp³-hybridized carbons (Fsp3) is 0.188. The molecule has 1 amide bonds. The van der Waals surface area contributed by atoms with Gasteiger partial charge in [0.05, 0.1) is 22.3 Å². The van der Waals surface area contributed by atoms with Crippen molar-refractivity contribution in [2.45, 2.75) is 17.9 Å². The molecular weight excluding hydrogens is 350 g/mol. The van der Waals surface area contributed by atoms with Gasteiger partial charge in [-0.15, -0.1) is 0 Å². The predicted octanol–water partition coefficient (Wildman–Crippen LogP) is 2.19. The average molecular weight is 366 g/mol. The van der Waals surface area contributed by atoms with Gasteiger partial charge in [-0.25, -0.2) is 13.6 Å². The second kappa shape index (κ2) is 6.08. The number of anilines is 2. The van der Waals surface area contributed by atoms with E-state index in [0.29, 0.717) is 12.4 Å². The minimum atomic E-state index is -3.84. The van der Waals surface area contributed by atoms with Gasteiger partial charge in [0.25, 0.3) is 5.91 Å². The van der Waals surface area contributed by atoms with E-state index in [1.165, 1.54) is 23.1 Å². The fourth-order valence-corrected chi connectivity index (χ4v) is 3.59. The van der Waals surface area contributed by atoms with Crippen molar-refractivity contribution in [3.8, 4) is 0 Å². The number of benzene rings is 2. The molecule has 0 aromatic heterocycles. The van der Waals surface area contributed by atoms with Crippen LogP contribution in [0.2, 0.25) is 5.02 Å². The van der Waals surface area contributed by atoms with Gasteiger partial charge in [-0.05, 0) is 37.3 Å². The molecule has 126 valence electrons. The third-order valence-corrected chi connectivity index (χ3v) is 5.22. The molecule has 24 heavy (non-hydrogen) atoms. The van der Waals surface area contributed by atoms with Gasteiger partial charge < -0.3 is 4.90 Å². The molecule has 2 aromatic rings. The molecule has 1 saturated heterocycles. The first-order valence-electron chi connectivity index (χ1n) is 7.24. The first kappa shape index (κ1) is 16.8. The highest BCUT2D eigenvalue weighted by molar-refractivity contribution is 7.89. The van der Waals surface area contributed by atoms with Gasteiger partial charge in [0.15, 0.2) is 0 Å². The molecule has 1 heterocycles. The van der Waals surface area contributed by atoms with E-state index in [9.17, 15) is 13.2 Å². The van der Waals surface area contributed by atoms with E-state index < -0.39 is 10.0 Å². The molecule has 1 aliphatic rings. The smallest absolute Gasteiger partial charge is 0.250 e. The monoisotopic (exact) mass is 365 g/mol. The van der Waals surface area contributed by atoms with Crippen LogP contribution in [0.4, 0.5) is 11.4 Å². The summed E-state index contributed by atoms with van der Waals surface area (Å²) in [5.41, 5.74) is 1.39. The zero-order valence-corrected chi connectivity index (χ0v) is 14.5. The van der Waals surface area contributed by atoms with Crippen LogP contribution < -0.4 is 14.9 Å². The van der Waals surface area contributed by atoms with Crippen LogP contribution in [-0.2, 0) is 14.8 Å². The van der Waals surface area contributed by atoms with Gasteiger partial charge >= 0.3 is 0 Å². The summed E-state index contributed by atoms with van der Waals surface area (Å²) >= 11 is 6.19. The molecule has 3 rings (SSSR count). The Hall–Kier alpha value is -2.09. The van der Waals surface area contributed by atoms with Crippen molar-refractivity contribution in [2.24, 2.45) is 5.14 Å². The Kier molecular flexibility index (Phi) is 4.25. The number of sulfonamides is 1. The van der Waals surface area contributed by atoms with Crippen molar-refractivity contribution in [3.63, 3.8) is 0 Å². The van der Waals surface area contributed by atoms with E-state index in [1.807, 2.05) is 42.2 Å². The molecule has 2 aromatic carbocycles. The van der Waals surface area contributed by atoms with Crippen LogP contribution >= 0.6 is 11.6 Å². The number of carbonyl (C=O) groups is 1. The molecule has 1 aliphatic heterocycles. The molecular formula is C16H16ClN3O3S. The van der Waals surface area contributed by atoms with E-state index in [-0.39, 0.29) is 21.9 Å². The number of rotatable bonds is 3. The minimum Gasteiger partial charge on any atom is -0.342 e. The highest BCUT2D eigenvalue weighted by Gasteiger charge is 2.37. The van der Waals surface area contributed by atoms with Crippen LogP contribution in [-0.4, -0.2) is 27.0 Å². The molecule has 1 unspecified atom stereocenters. The third kappa shape index (κ3) is 2.98. The van der Waals surface area contributed by atoms with Crippen LogP contribution in [0.25, 0.3) is 0 Å². The van der Waals surface area contributed by atoms with E-state index in [4.69, 9.17) is 16.7 Å². The molecule has 1 atom stereocenters. The number of nitrogens with zero attached hydrogens (tertiary/aromatic N) is 2. The standard InChI is InChI=1S/C16H16ClN3O3S/c1-11-16(21)20(10-19(11)12-5-3-2-4-6-12)15-8-7-13(9-14(15)17)24(18,22)23/h2-9,11H,10H2,1H3,(H2,18,22,23). The Bertz CT molecular complexity index is 887. The van der Waals surface area contributed by atoms with E-state index in [0.717, 1.165) is 5.69 Å². The van der Waals surface area contributed by atoms with Gasteiger partial charge in [-0.2, -0.15) is 0 Å². The molecule has 0 radical (unpaired) electrons. The lowest BCUT2D eigenvalue weighted by Crippen LogP contribution is -2.30. The predicted molar refractivity (Wildman–Crippen MR) is 93.6 cm³/mol. The number of amides is 1. The largest absolute Gasteiger partial charge is 0.342 e. The van der Waals surface area contributed by atoms with Gasteiger partial charge in [-0.1, -0.05) is 29.8 Å². The van der Waals surface area contributed by atoms with Gasteiger partial charge in [-0.3, -0.25) is 9.69 Å². The summed E-state index contributed by atoms with van der Waals surface area (Å²) in [6.45, 7) is 2.15. The fourth-order valence-electron chi connectivity index (χ4n) is 2.71. The summed E-state index contributed by atoms with van der Waals surface area (Å²) in [4.78, 5) is 16.0. The Balaban J connectivity index is 1.95. The lowest BCUT2D eigenvalue weighted by Gasteiger charge is -2.22. The van der Waals surface area contributed by atoms with Crippen LogP contribution in [0.1, 0.15) is 6.92 Å². The first-order chi connectivity index (χ1) is 11.3. The summed E-state index contributed by atoms with van der Waals surface area (Å²) in [7, 11) is -3.84. The number of nitrogens with two attached hydrogens (primary N) is 1. The molecule has 0 aliphatic carbocycles. The quantitative estimate of drug-likeness (QED) is 0.903. The maximum atomic E-state index is 12.6. The zero-order valence-electron chi connectivity index (χ0n) is 12.9. The number of carbonyl (C=O) groups excluding carboxylic acids is 1. The van der Waals surface area contributed by atoms with E-state index in [1.54, 1.807) is 0 Å². The van der Waals surface area contributed by atoms with Crippen LogP contribution in [0, 0.1) is 0 Å². The minimum absolute atomic E-state index is 0.0872. The summed E-state index contributed by atoms with van der Waals surface area (Å²) in [5.74, 6) is -0.107. The van der Waals surface area contributed by atoms with Crippen LogP contribution in [0.5, 0.6) is 0 Å². The Morgan fingerprint density at radius 1 is 1.17 bits per heavy atom. The highest BCUT2D eigenvalue weighted by atomic mass is 35.5. The van der Waals surface area contributed by atoms with Crippen molar-refractivity contribution in [3.05, 3.63) is 53.6 Å². The SMILES string of the molecule is CC1C(=O)N(c2ccc(S(N)(=O)=O)cc2Cl)CN1c1ccccc1. The second-order valence-electron chi connectivity index (χ2n) is 5.55. The van der Waals surface area contributed by atoms with Crippen molar-refractivity contribution < 1.29 is 13.2 Å². The van der Waals surface area contributed by atoms with Gasteiger partial charge in [0.2, 0.25) is 10.0 Å². The molecule has 0 saturated carbocycles. The summed E-state index contributed by atoms with van der Waals surface area (Å²) in [6.07, 6.45) is 0. The van der Waals surface area contributed by atoms with Crippen molar-refractivity contribution in [1.82, 2.24) is 0 Å². The van der Waals surface area contributed by atoms with Crippen molar-refractivity contribution >= 4 is 38.9 Å². The molecule has 6 nitrogen and oxygen atoms in total. The maximum Gasteiger partial charge on any atom is 0.250 e. The topological polar surface area (TPSA) is 83.7 Å². The van der Waals surface area contributed by atoms with Crippen LogP contribution in [0.3, 0.4) is 0 Å². The second-order valence-corrected chi connectivity index (χ2v) is 7.52. The van der Waals surface area contributed by atoms with Gasteiger partial charge in [0, 0.05) is 5.69 Å². The number of hydrogen-bond donors (Lipinski definition) is 1. The molecule has 8 heteroatoms. The third-order valence-electron chi connectivity index (χ3n) is 4.01. The molecule has 0 bridgehead atoms. The molecule has 1 fully saturated rings. The highest BCUT2D eigenvalue weighted by Crippen LogP contribution is 2.33. The number of halogens is 1. The average Bonchev–Trinajstić information content (AvgIpc) is 2.83. The maximum absolute atomic E-state index is 12.6. The molecule has 0 spiro atoms. The lowest BCUT2D eigenvalue weighted by atomic mass is 10.2. The summed E-state index contributed by atoms with van der Waals surface area (Å²) in [6, 6.07) is 13.3. The van der Waals surface area contributed by atoms with Crippen LogP contribution in [0.15, 0.2) is 53.4 Å². The van der Waals surface area contributed by atoms with Crippen molar-refractivity contribution in [2.75, 3.05) is 16.5 Å². The normalized spacial score (nSPS) is 18.3. The summed E-state index contributed by atoms with van der Waals surface area (Å²) < 4.78 is 22.8.